The highest BCUT2D eigenvalue weighted by atomic mass is 16.5. The number of hydrogen-bond donors (Lipinski definition) is 0. The Morgan fingerprint density at radius 2 is 2.28 bits per heavy atom. The Morgan fingerprint density at radius 3 is 3.12 bits per heavy atom. The second-order valence-electron chi connectivity index (χ2n) is 6.61. The lowest BCUT2D eigenvalue weighted by molar-refractivity contribution is 0.0732. The van der Waals surface area contributed by atoms with E-state index >= 15 is 0 Å². The zero-order valence-corrected chi connectivity index (χ0v) is 14.2. The molecule has 1 aliphatic rings. The largest absolute Gasteiger partial charge is 0.464 e. The van der Waals surface area contributed by atoms with Crippen molar-refractivity contribution in [1.82, 2.24) is 14.5 Å². The maximum atomic E-state index is 12.7. The molecule has 1 atom stereocenters. The lowest BCUT2D eigenvalue weighted by Crippen LogP contribution is -2.36. The molecule has 130 valence electrons. The predicted molar refractivity (Wildman–Crippen MR) is 93.3 cm³/mol. The van der Waals surface area contributed by atoms with Gasteiger partial charge in [-0.3, -0.25) is 4.79 Å². The van der Waals surface area contributed by atoms with E-state index in [9.17, 15) is 4.79 Å². The van der Waals surface area contributed by atoms with Gasteiger partial charge in [0.05, 0.1) is 25.8 Å². The number of rotatable bonds is 3. The van der Waals surface area contributed by atoms with Crippen molar-refractivity contribution in [3.8, 4) is 0 Å². The summed E-state index contributed by atoms with van der Waals surface area (Å²) >= 11 is 0. The average molecular weight is 339 g/mol. The summed E-state index contributed by atoms with van der Waals surface area (Å²) in [6, 6.07) is 8.22. The van der Waals surface area contributed by atoms with Crippen molar-refractivity contribution in [3.05, 3.63) is 54.3 Å². The van der Waals surface area contributed by atoms with E-state index in [4.69, 9.17) is 9.15 Å². The van der Waals surface area contributed by atoms with Crippen LogP contribution in [0.1, 0.15) is 16.1 Å². The third-order valence-corrected chi connectivity index (χ3v) is 4.59. The Balaban J connectivity index is 1.48. The average Bonchev–Trinajstić information content (AvgIpc) is 3.18. The summed E-state index contributed by atoms with van der Waals surface area (Å²) in [4.78, 5) is 18.7. The summed E-state index contributed by atoms with van der Waals surface area (Å²) < 4.78 is 13.0. The lowest BCUT2D eigenvalue weighted by atomic mass is 9.99. The highest BCUT2D eigenvalue weighted by Crippen LogP contribution is 2.21. The molecule has 0 aliphatic carbocycles. The number of nitrogens with zero attached hydrogens (tertiary/aromatic N) is 3. The summed E-state index contributed by atoms with van der Waals surface area (Å²) in [5.74, 6) is 0.222. The summed E-state index contributed by atoms with van der Waals surface area (Å²) in [6.45, 7) is 2.49. The van der Waals surface area contributed by atoms with Crippen LogP contribution in [0.15, 0.2) is 47.5 Å². The fourth-order valence-electron chi connectivity index (χ4n) is 3.33. The summed E-state index contributed by atoms with van der Waals surface area (Å²) in [6.07, 6.45) is 5.96. The maximum Gasteiger partial charge on any atom is 0.274 e. The van der Waals surface area contributed by atoms with E-state index in [0.717, 1.165) is 17.4 Å². The highest BCUT2D eigenvalue weighted by Gasteiger charge is 2.25. The van der Waals surface area contributed by atoms with Gasteiger partial charge in [-0.25, -0.2) is 4.98 Å². The van der Waals surface area contributed by atoms with Gasteiger partial charge >= 0.3 is 0 Å². The second kappa shape index (κ2) is 6.72. The molecule has 1 amide bonds. The number of aromatic nitrogens is 2. The van der Waals surface area contributed by atoms with Gasteiger partial charge in [0.15, 0.2) is 0 Å². The first-order chi connectivity index (χ1) is 12.2. The quantitative estimate of drug-likeness (QED) is 0.736. The van der Waals surface area contributed by atoms with Crippen molar-refractivity contribution in [1.29, 1.82) is 0 Å². The molecular weight excluding hydrogens is 318 g/mol. The molecule has 3 aromatic rings. The van der Waals surface area contributed by atoms with Crippen molar-refractivity contribution in [2.75, 3.05) is 26.3 Å². The smallest absolute Gasteiger partial charge is 0.274 e. The number of amides is 1. The van der Waals surface area contributed by atoms with E-state index in [2.05, 4.69) is 23.2 Å². The van der Waals surface area contributed by atoms with Gasteiger partial charge < -0.3 is 18.6 Å². The number of carbonyl (C=O) groups excluding carboxylic acids is 1. The maximum absolute atomic E-state index is 12.7. The number of benzene rings is 1. The van der Waals surface area contributed by atoms with Crippen molar-refractivity contribution in [2.45, 2.75) is 6.42 Å². The van der Waals surface area contributed by atoms with Gasteiger partial charge in [0.25, 0.3) is 5.91 Å². The molecule has 3 heterocycles. The molecule has 0 radical (unpaired) electrons. The van der Waals surface area contributed by atoms with E-state index < -0.39 is 0 Å². The van der Waals surface area contributed by atoms with E-state index in [-0.39, 0.29) is 11.8 Å². The molecule has 0 spiro atoms. The first-order valence-electron chi connectivity index (χ1n) is 8.50. The van der Waals surface area contributed by atoms with Gasteiger partial charge in [-0.05, 0) is 24.1 Å². The standard InChI is InChI=1S/C19H21N3O3/c1-21-11-17(20-13-21)19(23)22-5-7-24-12-15(10-22)8-14-2-3-16-4-6-25-18(16)9-14/h2-4,6,9,11,13,15H,5,7-8,10,12H2,1H3/t15-/m1/s1. The minimum absolute atomic E-state index is 0.0300. The van der Waals surface area contributed by atoms with Crippen LogP contribution in [0.5, 0.6) is 0 Å². The second-order valence-corrected chi connectivity index (χ2v) is 6.61. The summed E-state index contributed by atoms with van der Waals surface area (Å²) in [5, 5.41) is 1.10. The van der Waals surface area contributed by atoms with Crippen LogP contribution in [0, 0.1) is 5.92 Å². The van der Waals surface area contributed by atoms with Gasteiger partial charge in [0.2, 0.25) is 0 Å². The molecule has 6 heteroatoms. The van der Waals surface area contributed by atoms with Crippen LogP contribution >= 0.6 is 0 Å². The molecule has 0 unspecified atom stereocenters. The van der Waals surface area contributed by atoms with Crippen LogP contribution in [0.25, 0.3) is 11.0 Å². The molecule has 0 saturated carbocycles. The minimum atomic E-state index is -0.0300. The Hall–Kier alpha value is -2.60. The van der Waals surface area contributed by atoms with Crippen molar-refractivity contribution >= 4 is 16.9 Å². The fraction of sp³-hybridized carbons (Fsp3) is 0.368. The topological polar surface area (TPSA) is 60.5 Å². The molecular formula is C19H21N3O3. The first kappa shape index (κ1) is 15.9. The number of hydrogen-bond acceptors (Lipinski definition) is 4. The Bertz CT molecular complexity index is 883. The Kier molecular flexibility index (Phi) is 4.28. The molecule has 1 aromatic carbocycles. The number of imidazole rings is 1. The molecule has 0 bridgehead atoms. The summed E-state index contributed by atoms with van der Waals surface area (Å²) in [7, 11) is 1.86. The number of fused-ring (bicyclic) bond motifs is 1. The molecule has 1 saturated heterocycles. The summed E-state index contributed by atoms with van der Waals surface area (Å²) in [5.41, 5.74) is 2.58. The monoisotopic (exact) mass is 339 g/mol. The third kappa shape index (κ3) is 3.44. The minimum Gasteiger partial charge on any atom is -0.464 e. The predicted octanol–water partition coefficient (Wildman–Crippen LogP) is 2.50. The Labute approximate surface area is 146 Å². The van der Waals surface area contributed by atoms with Crippen LogP contribution in [0.3, 0.4) is 0 Å². The van der Waals surface area contributed by atoms with Gasteiger partial charge in [-0.15, -0.1) is 0 Å². The number of furan rings is 1. The zero-order valence-electron chi connectivity index (χ0n) is 14.2. The number of carbonyl (C=O) groups is 1. The molecule has 6 nitrogen and oxygen atoms in total. The third-order valence-electron chi connectivity index (χ3n) is 4.59. The van der Waals surface area contributed by atoms with Crippen LogP contribution in [0.2, 0.25) is 0 Å². The van der Waals surface area contributed by atoms with E-state index in [1.807, 2.05) is 18.0 Å². The zero-order chi connectivity index (χ0) is 17.2. The van der Waals surface area contributed by atoms with Gasteiger partial charge in [0, 0.05) is 37.6 Å². The molecule has 4 rings (SSSR count). The van der Waals surface area contributed by atoms with Gasteiger partial charge in [-0.1, -0.05) is 12.1 Å². The molecule has 2 aromatic heterocycles. The SMILES string of the molecule is Cn1cnc(C(=O)N2CCOC[C@H](Cc3ccc4ccoc4c3)C2)c1. The van der Waals surface area contributed by atoms with Crippen molar-refractivity contribution < 1.29 is 13.9 Å². The molecule has 0 N–H and O–H groups in total. The Morgan fingerprint density at radius 1 is 1.36 bits per heavy atom. The van der Waals surface area contributed by atoms with Crippen molar-refractivity contribution in [2.24, 2.45) is 13.0 Å². The molecule has 1 aliphatic heterocycles. The van der Waals surface area contributed by atoms with E-state index in [0.29, 0.717) is 32.0 Å². The van der Waals surface area contributed by atoms with Gasteiger partial charge in [-0.2, -0.15) is 0 Å². The molecule has 1 fully saturated rings. The fourth-order valence-corrected chi connectivity index (χ4v) is 3.33. The number of aryl methyl sites for hydroxylation is 1. The number of ether oxygens (including phenoxy) is 1. The van der Waals surface area contributed by atoms with E-state index in [1.54, 1.807) is 23.4 Å². The van der Waals surface area contributed by atoms with Crippen LogP contribution < -0.4 is 0 Å². The normalized spacial score (nSPS) is 18.4. The lowest BCUT2D eigenvalue weighted by Gasteiger charge is -2.23. The van der Waals surface area contributed by atoms with Crippen molar-refractivity contribution in [3.63, 3.8) is 0 Å². The van der Waals surface area contributed by atoms with Gasteiger partial charge in [0.1, 0.15) is 11.3 Å². The van der Waals surface area contributed by atoms with Crippen LogP contribution in [0.4, 0.5) is 0 Å². The van der Waals surface area contributed by atoms with Crippen LogP contribution in [-0.4, -0.2) is 46.7 Å². The van der Waals surface area contributed by atoms with E-state index in [1.165, 1.54) is 5.56 Å². The van der Waals surface area contributed by atoms with Crippen LogP contribution in [-0.2, 0) is 18.2 Å². The highest BCUT2D eigenvalue weighted by molar-refractivity contribution is 5.92. The first-order valence-corrected chi connectivity index (χ1v) is 8.50. The molecule has 25 heavy (non-hydrogen) atoms.